The van der Waals surface area contributed by atoms with Gasteiger partial charge in [-0.15, -0.1) is 0 Å². The standard InChI is InChI=1S/C16H22N2O/c1-13-5-3-4-6-15(13)7-8-16(19)18-10-9-14(12-18)11-17-2/h3-8,14,17H,9-12H2,1-2H3. The van der Waals surface area contributed by atoms with Crippen molar-refractivity contribution in [3.05, 3.63) is 41.5 Å². The number of likely N-dealkylation sites (tertiary alicyclic amines) is 1. The highest BCUT2D eigenvalue weighted by molar-refractivity contribution is 5.92. The van der Waals surface area contributed by atoms with E-state index in [-0.39, 0.29) is 5.91 Å². The van der Waals surface area contributed by atoms with Gasteiger partial charge in [0.15, 0.2) is 0 Å². The fourth-order valence-electron chi connectivity index (χ4n) is 2.53. The highest BCUT2D eigenvalue weighted by Gasteiger charge is 2.24. The van der Waals surface area contributed by atoms with E-state index in [1.165, 1.54) is 5.56 Å². The van der Waals surface area contributed by atoms with Crippen LogP contribution in [0.5, 0.6) is 0 Å². The van der Waals surface area contributed by atoms with E-state index < -0.39 is 0 Å². The summed E-state index contributed by atoms with van der Waals surface area (Å²) in [5.41, 5.74) is 2.31. The molecule has 19 heavy (non-hydrogen) atoms. The fourth-order valence-corrected chi connectivity index (χ4v) is 2.53. The van der Waals surface area contributed by atoms with Gasteiger partial charge in [-0.3, -0.25) is 4.79 Å². The van der Waals surface area contributed by atoms with Gasteiger partial charge in [-0.2, -0.15) is 0 Å². The molecule has 0 radical (unpaired) electrons. The fraction of sp³-hybridized carbons (Fsp3) is 0.438. The van der Waals surface area contributed by atoms with Crippen molar-refractivity contribution in [3.8, 4) is 0 Å². The molecule has 1 unspecified atom stereocenters. The molecule has 0 spiro atoms. The summed E-state index contributed by atoms with van der Waals surface area (Å²) >= 11 is 0. The Hall–Kier alpha value is -1.61. The van der Waals surface area contributed by atoms with Crippen LogP contribution in [-0.2, 0) is 4.79 Å². The minimum atomic E-state index is 0.127. The van der Waals surface area contributed by atoms with Crippen LogP contribution in [0.3, 0.4) is 0 Å². The maximum atomic E-state index is 12.1. The first kappa shape index (κ1) is 13.8. The van der Waals surface area contributed by atoms with Gasteiger partial charge >= 0.3 is 0 Å². The van der Waals surface area contributed by atoms with Crippen LogP contribution in [0.1, 0.15) is 17.5 Å². The van der Waals surface area contributed by atoms with Gasteiger partial charge in [0.2, 0.25) is 5.91 Å². The Morgan fingerprint density at radius 2 is 2.26 bits per heavy atom. The van der Waals surface area contributed by atoms with E-state index in [0.717, 1.165) is 31.6 Å². The third-order valence-electron chi connectivity index (χ3n) is 3.68. The zero-order valence-corrected chi connectivity index (χ0v) is 11.7. The summed E-state index contributed by atoms with van der Waals surface area (Å²) in [4.78, 5) is 14.0. The number of carbonyl (C=O) groups is 1. The van der Waals surface area contributed by atoms with Crippen LogP contribution in [0, 0.1) is 12.8 Å². The predicted octanol–water partition coefficient (Wildman–Crippen LogP) is 2.08. The van der Waals surface area contributed by atoms with Gasteiger partial charge in [0.05, 0.1) is 0 Å². The van der Waals surface area contributed by atoms with Gasteiger partial charge in [-0.25, -0.2) is 0 Å². The molecule has 1 aromatic rings. The summed E-state index contributed by atoms with van der Waals surface area (Å²) < 4.78 is 0. The number of nitrogens with zero attached hydrogens (tertiary/aromatic N) is 1. The molecule has 0 aliphatic carbocycles. The van der Waals surface area contributed by atoms with Crippen molar-refractivity contribution in [2.24, 2.45) is 5.92 Å². The topological polar surface area (TPSA) is 32.3 Å². The summed E-state index contributed by atoms with van der Waals surface area (Å²) in [6, 6.07) is 8.10. The summed E-state index contributed by atoms with van der Waals surface area (Å²) in [6.07, 6.45) is 4.72. The van der Waals surface area contributed by atoms with Gasteiger partial charge in [0.25, 0.3) is 0 Å². The largest absolute Gasteiger partial charge is 0.339 e. The molecular formula is C16H22N2O. The Morgan fingerprint density at radius 3 is 3.00 bits per heavy atom. The zero-order chi connectivity index (χ0) is 13.7. The minimum absolute atomic E-state index is 0.127. The van der Waals surface area contributed by atoms with Gasteiger partial charge in [-0.05, 0) is 50.1 Å². The molecule has 0 aromatic heterocycles. The lowest BCUT2D eigenvalue weighted by Crippen LogP contribution is -2.28. The lowest BCUT2D eigenvalue weighted by atomic mass is 10.1. The van der Waals surface area contributed by atoms with Gasteiger partial charge in [0, 0.05) is 19.2 Å². The molecule has 1 aliphatic rings. The molecule has 0 bridgehead atoms. The molecule has 1 N–H and O–H groups in total. The van der Waals surface area contributed by atoms with Crippen molar-refractivity contribution in [2.75, 3.05) is 26.7 Å². The summed E-state index contributed by atoms with van der Waals surface area (Å²) in [5, 5.41) is 3.18. The summed E-state index contributed by atoms with van der Waals surface area (Å²) in [7, 11) is 1.96. The number of benzene rings is 1. The lowest BCUT2D eigenvalue weighted by Gasteiger charge is -2.14. The molecule has 2 rings (SSSR count). The average molecular weight is 258 g/mol. The molecule has 1 heterocycles. The Kier molecular flexibility index (Phi) is 4.74. The van der Waals surface area contributed by atoms with E-state index in [0.29, 0.717) is 5.92 Å². The van der Waals surface area contributed by atoms with Crippen molar-refractivity contribution >= 4 is 12.0 Å². The van der Waals surface area contributed by atoms with E-state index in [1.807, 2.05) is 36.2 Å². The van der Waals surface area contributed by atoms with E-state index in [9.17, 15) is 4.79 Å². The number of amides is 1. The molecule has 3 heteroatoms. The Bertz CT molecular complexity index is 468. The van der Waals surface area contributed by atoms with Crippen LogP contribution >= 0.6 is 0 Å². The van der Waals surface area contributed by atoms with Crippen molar-refractivity contribution in [2.45, 2.75) is 13.3 Å². The Morgan fingerprint density at radius 1 is 1.47 bits per heavy atom. The van der Waals surface area contributed by atoms with Crippen LogP contribution in [-0.4, -0.2) is 37.5 Å². The number of aryl methyl sites for hydroxylation is 1. The maximum Gasteiger partial charge on any atom is 0.246 e. The lowest BCUT2D eigenvalue weighted by molar-refractivity contribution is -0.125. The monoisotopic (exact) mass is 258 g/mol. The van der Waals surface area contributed by atoms with Crippen LogP contribution in [0.25, 0.3) is 6.08 Å². The normalized spacial score (nSPS) is 19.3. The number of hydrogen-bond donors (Lipinski definition) is 1. The third-order valence-corrected chi connectivity index (χ3v) is 3.68. The molecule has 1 aromatic carbocycles. The Labute approximate surface area is 115 Å². The molecule has 3 nitrogen and oxygen atoms in total. The second-order valence-corrected chi connectivity index (χ2v) is 5.19. The highest BCUT2D eigenvalue weighted by atomic mass is 16.2. The van der Waals surface area contributed by atoms with Crippen molar-refractivity contribution in [1.29, 1.82) is 0 Å². The van der Waals surface area contributed by atoms with E-state index in [2.05, 4.69) is 18.3 Å². The molecular weight excluding hydrogens is 236 g/mol. The molecule has 0 saturated carbocycles. The molecule has 1 saturated heterocycles. The number of hydrogen-bond acceptors (Lipinski definition) is 2. The number of rotatable bonds is 4. The smallest absolute Gasteiger partial charge is 0.246 e. The van der Waals surface area contributed by atoms with Crippen LogP contribution in [0.2, 0.25) is 0 Å². The van der Waals surface area contributed by atoms with Gasteiger partial charge in [-0.1, -0.05) is 24.3 Å². The average Bonchev–Trinajstić information content (AvgIpc) is 2.87. The SMILES string of the molecule is CNCC1CCN(C(=O)C=Cc2ccccc2C)C1. The van der Waals surface area contributed by atoms with Crippen molar-refractivity contribution in [3.63, 3.8) is 0 Å². The molecule has 1 aliphatic heterocycles. The molecule has 1 atom stereocenters. The predicted molar refractivity (Wildman–Crippen MR) is 78.8 cm³/mol. The van der Waals surface area contributed by atoms with Crippen LogP contribution < -0.4 is 5.32 Å². The number of carbonyl (C=O) groups excluding carboxylic acids is 1. The maximum absolute atomic E-state index is 12.1. The quantitative estimate of drug-likeness (QED) is 0.839. The summed E-state index contributed by atoms with van der Waals surface area (Å²) in [6.45, 7) is 4.80. The van der Waals surface area contributed by atoms with Crippen LogP contribution in [0.4, 0.5) is 0 Å². The summed E-state index contributed by atoms with van der Waals surface area (Å²) in [5.74, 6) is 0.725. The second kappa shape index (κ2) is 6.53. The minimum Gasteiger partial charge on any atom is -0.339 e. The van der Waals surface area contributed by atoms with Gasteiger partial charge in [0.1, 0.15) is 0 Å². The second-order valence-electron chi connectivity index (χ2n) is 5.19. The number of nitrogens with one attached hydrogen (secondary N) is 1. The van der Waals surface area contributed by atoms with Crippen molar-refractivity contribution < 1.29 is 4.79 Å². The van der Waals surface area contributed by atoms with E-state index in [4.69, 9.17) is 0 Å². The molecule has 1 amide bonds. The molecule has 1 fully saturated rings. The van der Waals surface area contributed by atoms with Crippen molar-refractivity contribution in [1.82, 2.24) is 10.2 Å². The highest BCUT2D eigenvalue weighted by Crippen LogP contribution is 2.16. The first-order chi connectivity index (χ1) is 9.20. The van der Waals surface area contributed by atoms with E-state index >= 15 is 0 Å². The first-order valence-corrected chi connectivity index (χ1v) is 6.88. The molecule has 102 valence electrons. The van der Waals surface area contributed by atoms with Crippen LogP contribution in [0.15, 0.2) is 30.3 Å². The zero-order valence-electron chi connectivity index (χ0n) is 11.7. The third kappa shape index (κ3) is 3.67. The van der Waals surface area contributed by atoms with E-state index in [1.54, 1.807) is 6.08 Å². The first-order valence-electron chi connectivity index (χ1n) is 6.88. The van der Waals surface area contributed by atoms with Gasteiger partial charge < -0.3 is 10.2 Å². The Balaban J connectivity index is 1.93.